The highest BCUT2D eigenvalue weighted by Crippen LogP contribution is 2.39. The first-order valence-electron chi connectivity index (χ1n) is 9.35. The van der Waals surface area contributed by atoms with Crippen LogP contribution >= 0.6 is 0 Å². The van der Waals surface area contributed by atoms with Crippen LogP contribution in [0.2, 0.25) is 0 Å². The fourth-order valence-corrected chi connectivity index (χ4v) is 3.76. The molecule has 0 aliphatic carbocycles. The van der Waals surface area contributed by atoms with Gasteiger partial charge in [0.15, 0.2) is 0 Å². The number of allylic oxidation sites excluding steroid dienone is 1. The quantitative estimate of drug-likeness (QED) is 0.720. The van der Waals surface area contributed by atoms with Crippen molar-refractivity contribution in [1.29, 1.82) is 5.26 Å². The number of methoxy groups -OCH3 is 1. The van der Waals surface area contributed by atoms with Gasteiger partial charge in [0.1, 0.15) is 5.82 Å². The van der Waals surface area contributed by atoms with Gasteiger partial charge in [-0.3, -0.25) is 4.79 Å². The van der Waals surface area contributed by atoms with Gasteiger partial charge in [0.25, 0.3) is 0 Å². The van der Waals surface area contributed by atoms with E-state index in [9.17, 15) is 19.2 Å². The van der Waals surface area contributed by atoms with E-state index in [1.165, 1.54) is 24.1 Å². The van der Waals surface area contributed by atoms with Gasteiger partial charge in [-0.15, -0.1) is 0 Å². The summed E-state index contributed by atoms with van der Waals surface area (Å²) in [6, 6.07) is 15.1. The number of halogens is 1. The fourth-order valence-electron chi connectivity index (χ4n) is 3.76. The first kappa shape index (κ1) is 20.3. The summed E-state index contributed by atoms with van der Waals surface area (Å²) in [5.74, 6) is -1.73. The number of rotatable bonds is 5. The predicted molar refractivity (Wildman–Crippen MR) is 105 cm³/mol. The molecule has 0 N–H and O–H groups in total. The van der Waals surface area contributed by atoms with E-state index in [1.54, 1.807) is 36.4 Å². The number of hydrogen-bond acceptors (Lipinski definition) is 4. The van der Waals surface area contributed by atoms with Gasteiger partial charge in [-0.05, 0) is 35.7 Å². The van der Waals surface area contributed by atoms with Crippen molar-refractivity contribution in [1.82, 2.24) is 4.90 Å². The van der Waals surface area contributed by atoms with Crippen LogP contribution in [0.4, 0.5) is 4.39 Å². The van der Waals surface area contributed by atoms with E-state index in [1.807, 2.05) is 6.92 Å². The van der Waals surface area contributed by atoms with Crippen molar-refractivity contribution in [3.63, 3.8) is 0 Å². The highest BCUT2D eigenvalue weighted by molar-refractivity contribution is 5.96. The molecular weight excluding hydrogens is 371 g/mol. The summed E-state index contributed by atoms with van der Waals surface area (Å²) < 4.78 is 18.8. The lowest BCUT2D eigenvalue weighted by Crippen LogP contribution is -2.38. The molecule has 1 atom stereocenters. The molecule has 1 unspecified atom stereocenters. The van der Waals surface area contributed by atoms with Gasteiger partial charge in [0.2, 0.25) is 5.91 Å². The summed E-state index contributed by atoms with van der Waals surface area (Å²) in [6.45, 7) is 2.03. The van der Waals surface area contributed by atoms with Gasteiger partial charge in [0.05, 0.1) is 30.9 Å². The van der Waals surface area contributed by atoms with Crippen molar-refractivity contribution in [3.05, 3.63) is 82.3 Å². The first-order chi connectivity index (χ1) is 14.0. The second-order valence-corrected chi connectivity index (χ2v) is 6.77. The third-order valence-electron chi connectivity index (χ3n) is 5.12. The summed E-state index contributed by atoms with van der Waals surface area (Å²) in [5.41, 5.74) is 2.62. The zero-order chi connectivity index (χ0) is 21.0. The van der Waals surface area contributed by atoms with Crippen molar-refractivity contribution in [2.75, 3.05) is 7.11 Å². The summed E-state index contributed by atoms with van der Waals surface area (Å²) in [4.78, 5) is 27.3. The highest BCUT2D eigenvalue weighted by atomic mass is 19.1. The number of nitrogens with zero attached hydrogens (tertiary/aromatic N) is 2. The van der Waals surface area contributed by atoms with Crippen LogP contribution < -0.4 is 0 Å². The largest absolute Gasteiger partial charge is 0.466 e. The van der Waals surface area contributed by atoms with E-state index in [0.29, 0.717) is 34.4 Å². The van der Waals surface area contributed by atoms with Crippen molar-refractivity contribution >= 4 is 11.9 Å². The molecule has 1 aliphatic heterocycles. The molecule has 1 heterocycles. The van der Waals surface area contributed by atoms with E-state index < -0.39 is 17.7 Å². The minimum Gasteiger partial charge on any atom is -0.466 e. The fraction of sp³-hybridized carbons (Fsp3) is 0.261. The highest BCUT2D eigenvalue weighted by Gasteiger charge is 2.38. The van der Waals surface area contributed by atoms with Crippen LogP contribution in [0.15, 0.2) is 59.8 Å². The molecule has 0 aromatic heterocycles. The average Bonchev–Trinajstić information content (AvgIpc) is 2.74. The molecule has 6 heteroatoms. The van der Waals surface area contributed by atoms with E-state index >= 15 is 0 Å². The lowest BCUT2D eigenvalue weighted by atomic mass is 9.82. The molecule has 2 aromatic carbocycles. The van der Waals surface area contributed by atoms with Crippen molar-refractivity contribution < 1.29 is 18.7 Å². The average molecular weight is 392 g/mol. The van der Waals surface area contributed by atoms with E-state index in [4.69, 9.17) is 4.74 Å². The molecule has 0 bridgehead atoms. The number of amides is 1. The Morgan fingerprint density at radius 3 is 2.69 bits per heavy atom. The molecular formula is C23H21FN2O3. The van der Waals surface area contributed by atoms with Crippen LogP contribution in [0, 0.1) is 17.1 Å². The van der Waals surface area contributed by atoms with Crippen molar-refractivity contribution in [2.24, 2.45) is 0 Å². The third-order valence-corrected chi connectivity index (χ3v) is 5.12. The summed E-state index contributed by atoms with van der Waals surface area (Å²) >= 11 is 0. The monoisotopic (exact) mass is 392 g/mol. The molecule has 3 rings (SSSR count). The summed E-state index contributed by atoms with van der Waals surface area (Å²) in [6.07, 6.45) is 0.433. The smallest absolute Gasteiger partial charge is 0.336 e. The Morgan fingerprint density at radius 2 is 2.03 bits per heavy atom. The molecule has 2 aromatic rings. The molecule has 0 saturated heterocycles. The van der Waals surface area contributed by atoms with Gasteiger partial charge in [-0.2, -0.15) is 5.26 Å². The van der Waals surface area contributed by atoms with Crippen molar-refractivity contribution in [2.45, 2.75) is 32.2 Å². The number of ether oxygens (including phenoxy) is 1. The normalized spacial score (nSPS) is 16.6. The Balaban J connectivity index is 2.11. The Hall–Kier alpha value is -3.46. The molecule has 0 fully saturated rings. The van der Waals surface area contributed by atoms with Gasteiger partial charge in [0, 0.05) is 18.0 Å². The molecule has 0 spiro atoms. The number of esters is 1. The maximum absolute atomic E-state index is 13.8. The van der Waals surface area contributed by atoms with Crippen LogP contribution in [0.1, 0.15) is 42.4 Å². The van der Waals surface area contributed by atoms with E-state index in [-0.39, 0.29) is 18.9 Å². The molecule has 0 saturated carbocycles. The molecule has 1 amide bonds. The zero-order valence-electron chi connectivity index (χ0n) is 16.3. The van der Waals surface area contributed by atoms with E-state index in [0.717, 1.165) is 0 Å². The van der Waals surface area contributed by atoms with Crippen LogP contribution in [0.25, 0.3) is 0 Å². The SMILES string of the molecule is CCC1=C(C(=O)OC)C(c2cccc(F)c2)CC(=O)N1Cc1ccccc1C#N. The lowest BCUT2D eigenvalue weighted by Gasteiger charge is -2.35. The van der Waals surface area contributed by atoms with Gasteiger partial charge in [-0.25, -0.2) is 9.18 Å². The Bertz CT molecular complexity index is 1020. The summed E-state index contributed by atoms with van der Waals surface area (Å²) in [5, 5.41) is 9.36. The number of carbonyl (C=O) groups excluding carboxylic acids is 2. The number of benzene rings is 2. The van der Waals surface area contributed by atoms with Crippen LogP contribution in [-0.4, -0.2) is 23.9 Å². The standard InChI is InChI=1S/C23H21FN2O3/c1-3-20-22(23(28)29-2)19(15-9-6-10-18(24)11-15)12-21(27)26(20)14-17-8-5-4-7-16(17)13-25/h4-11,19H,3,12,14H2,1-2H3. The zero-order valence-corrected chi connectivity index (χ0v) is 16.3. The molecule has 5 nitrogen and oxygen atoms in total. The maximum Gasteiger partial charge on any atom is 0.336 e. The van der Waals surface area contributed by atoms with Gasteiger partial charge >= 0.3 is 5.97 Å². The van der Waals surface area contributed by atoms with Gasteiger partial charge in [-0.1, -0.05) is 37.3 Å². The van der Waals surface area contributed by atoms with Crippen LogP contribution in [0.5, 0.6) is 0 Å². The third kappa shape index (κ3) is 4.04. The second kappa shape index (κ2) is 8.70. The minimum absolute atomic E-state index is 0.0199. The second-order valence-electron chi connectivity index (χ2n) is 6.77. The van der Waals surface area contributed by atoms with Gasteiger partial charge < -0.3 is 9.64 Å². The molecule has 0 radical (unpaired) electrons. The number of carbonyl (C=O) groups is 2. The maximum atomic E-state index is 13.8. The Labute approximate surface area is 169 Å². The lowest BCUT2D eigenvalue weighted by molar-refractivity contribution is -0.138. The topological polar surface area (TPSA) is 70.4 Å². The Morgan fingerprint density at radius 1 is 1.28 bits per heavy atom. The summed E-state index contributed by atoms with van der Waals surface area (Å²) in [7, 11) is 1.29. The van der Waals surface area contributed by atoms with Crippen LogP contribution in [-0.2, 0) is 20.9 Å². The minimum atomic E-state index is -0.580. The van der Waals surface area contributed by atoms with Crippen molar-refractivity contribution in [3.8, 4) is 6.07 Å². The first-order valence-corrected chi connectivity index (χ1v) is 9.35. The Kier molecular flexibility index (Phi) is 6.08. The molecule has 29 heavy (non-hydrogen) atoms. The van der Waals surface area contributed by atoms with E-state index in [2.05, 4.69) is 6.07 Å². The number of hydrogen-bond donors (Lipinski definition) is 0. The predicted octanol–water partition coefficient (Wildman–Crippen LogP) is 4.05. The van der Waals surface area contributed by atoms with Crippen LogP contribution in [0.3, 0.4) is 0 Å². The molecule has 148 valence electrons. The molecule has 1 aliphatic rings. The number of nitriles is 1.